The zero-order chi connectivity index (χ0) is 14.5. The Labute approximate surface area is 119 Å². The molecular weight excluding hydrogens is 240 g/mol. The molecule has 0 spiro atoms. The molecule has 0 aliphatic heterocycles. The van der Waals surface area contributed by atoms with E-state index in [1.165, 1.54) is 38.5 Å². The van der Waals surface area contributed by atoms with Crippen molar-refractivity contribution in [2.45, 2.75) is 103 Å². The van der Waals surface area contributed by atoms with Gasteiger partial charge >= 0.3 is 0 Å². The lowest BCUT2D eigenvalue weighted by molar-refractivity contribution is 0.00129. The maximum Gasteiger partial charge on any atom is 0.0800 e. The third kappa shape index (κ3) is 12.6. The first kappa shape index (κ1) is 18.9. The van der Waals surface area contributed by atoms with Gasteiger partial charge in [0.1, 0.15) is 0 Å². The van der Waals surface area contributed by atoms with Crippen LogP contribution in [0.25, 0.3) is 0 Å². The number of rotatable bonds is 13. The van der Waals surface area contributed by atoms with Gasteiger partial charge in [-0.2, -0.15) is 0 Å². The number of hydrogen-bond acceptors (Lipinski definition) is 3. The maximum absolute atomic E-state index is 9.77. The molecule has 0 saturated carbocycles. The molecule has 116 valence electrons. The van der Waals surface area contributed by atoms with E-state index in [1.54, 1.807) is 6.92 Å². The lowest BCUT2D eigenvalue weighted by Crippen LogP contribution is -2.26. The lowest BCUT2D eigenvalue weighted by Gasteiger charge is -2.18. The molecule has 3 atom stereocenters. The van der Waals surface area contributed by atoms with Crippen molar-refractivity contribution < 1.29 is 15.3 Å². The van der Waals surface area contributed by atoms with Crippen LogP contribution < -0.4 is 0 Å². The van der Waals surface area contributed by atoms with Crippen LogP contribution in [0.1, 0.15) is 84.5 Å². The summed E-state index contributed by atoms with van der Waals surface area (Å²) in [6, 6.07) is 0. The standard InChI is InChI=1S/C16H34O3/c1-3-4-5-6-7-8-9-10-11-15(18)16(19)13-12-14(2)17/h14-19H,3-13H2,1-2H3. The Hall–Kier alpha value is -0.120. The number of hydrogen-bond donors (Lipinski definition) is 3. The zero-order valence-electron chi connectivity index (χ0n) is 12.9. The van der Waals surface area contributed by atoms with Crippen molar-refractivity contribution in [1.29, 1.82) is 0 Å². The highest BCUT2D eigenvalue weighted by molar-refractivity contribution is 4.68. The predicted octanol–water partition coefficient (Wildman–Crippen LogP) is 3.40. The fourth-order valence-corrected chi connectivity index (χ4v) is 2.28. The zero-order valence-corrected chi connectivity index (χ0v) is 12.9. The summed E-state index contributed by atoms with van der Waals surface area (Å²) in [6.07, 6.45) is 9.97. The average Bonchev–Trinajstić information content (AvgIpc) is 2.38. The van der Waals surface area contributed by atoms with E-state index in [4.69, 9.17) is 5.11 Å². The lowest BCUT2D eigenvalue weighted by atomic mass is 10.00. The molecule has 0 aliphatic carbocycles. The Morgan fingerprint density at radius 2 is 1.11 bits per heavy atom. The normalized spacial score (nSPS) is 16.3. The Balaban J connectivity index is 3.34. The average molecular weight is 274 g/mol. The second-order valence-corrected chi connectivity index (χ2v) is 5.82. The maximum atomic E-state index is 9.77. The van der Waals surface area contributed by atoms with E-state index in [1.807, 2.05) is 0 Å². The Bertz CT molecular complexity index is 183. The van der Waals surface area contributed by atoms with Crippen molar-refractivity contribution in [3.63, 3.8) is 0 Å². The van der Waals surface area contributed by atoms with Crippen molar-refractivity contribution in [1.82, 2.24) is 0 Å². The Morgan fingerprint density at radius 3 is 1.63 bits per heavy atom. The van der Waals surface area contributed by atoms with Gasteiger partial charge in [-0.3, -0.25) is 0 Å². The number of aliphatic hydroxyl groups is 3. The first-order valence-electron chi connectivity index (χ1n) is 8.12. The van der Waals surface area contributed by atoms with Gasteiger partial charge in [0.2, 0.25) is 0 Å². The highest BCUT2D eigenvalue weighted by atomic mass is 16.3. The van der Waals surface area contributed by atoms with Gasteiger partial charge in [0.25, 0.3) is 0 Å². The SMILES string of the molecule is CCCCCCCCCCC(O)C(O)CCC(C)O. The Morgan fingerprint density at radius 1 is 0.632 bits per heavy atom. The minimum atomic E-state index is -0.681. The monoisotopic (exact) mass is 274 g/mol. The van der Waals surface area contributed by atoms with E-state index in [2.05, 4.69) is 6.92 Å². The molecule has 19 heavy (non-hydrogen) atoms. The summed E-state index contributed by atoms with van der Waals surface area (Å²) in [7, 11) is 0. The van der Waals surface area contributed by atoms with Gasteiger partial charge in [-0.15, -0.1) is 0 Å². The van der Waals surface area contributed by atoms with Crippen LogP contribution in [0.5, 0.6) is 0 Å². The quantitative estimate of drug-likeness (QED) is 0.451. The van der Waals surface area contributed by atoms with Gasteiger partial charge < -0.3 is 15.3 Å². The smallest absolute Gasteiger partial charge is 0.0800 e. The van der Waals surface area contributed by atoms with E-state index >= 15 is 0 Å². The molecule has 0 aromatic carbocycles. The van der Waals surface area contributed by atoms with Crippen LogP contribution in [0, 0.1) is 0 Å². The second kappa shape index (κ2) is 12.9. The van der Waals surface area contributed by atoms with E-state index in [0.29, 0.717) is 19.3 Å². The third-order valence-corrected chi connectivity index (χ3v) is 3.68. The topological polar surface area (TPSA) is 60.7 Å². The second-order valence-electron chi connectivity index (χ2n) is 5.82. The summed E-state index contributed by atoms with van der Waals surface area (Å²) in [5, 5.41) is 28.6. The van der Waals surface area contributed by atoms with Crippen LogP contribution in [-0.2, 0) is 0 Å². The summed E-state index contributed by atoms with van der Waals surface area (Å²) >= 11 is 0. The van der Waals surface area contributed by atoms with E-state index in [0.717, 1.165) is 12.8 Å². The van der Waals surface area contributed by atoms with Gasteiger partial charge in [-0.25, -0.2) is 0 Å². The molecule has 0 amide bonds. The van der Waals surface area contributed by atoms with Crippen LogP contribution in [-0.4, -0.2) is 33.6 Å². The summed E-state index contributed by atoms with van der Waals surface area (Å²) in [4.78, 5) is 0. The molecule has 0 rings (SSSR count). The van der Waals surface area contributed by atoms with Gasteiger partial charge in [0.15, 0.2) is 0 Å². The van der Waals surface area contributed by atoms with Gasteiger partial charge in [0, 0.05) is 0 Å². The number of aliphatic hydroxyl groups excluding tert-OH is 3. The highest BCUT2D eigenvalue weighted by Crippen LogP contribution is 2.14. The van der Waals surface area contributed by atoms with E-state index < -0.39 is 18.3 Å². The minimum Gasteiger partial charge on any atom is -0.393 e. The van der Waals surface area contributed by atoms with Crippen molar-refractivity contribution in [2.24, 2.45) is 0 Å². The van der Waals surface area contributed by atoms with E-state index in [9.17, 15) is 10.2 Å². The molecule has 0 aliphatic rings. The van der Waals surface area contributed by atoms with Crippen LogP contribution >= 0.6 is 0 Å². The van der Waals surface area contributed by atoms with Crippen LogP contribution in [0.15, 0.2) is 0 Å². The predicted molar refractivity (Wildman–Crippen MR) is 80.2 cm³/mol. The molecule has 3 N–H and O–H groups in total. The highest BCUT2D eigenvalue weighted by Gasteiger charge is 2.16. The molecule has 3 heteroatoms. The van der Waals surface area contributed by atoms with E-state index in [-0.39, 0.29) is 0 Å². The molecular formula is C16H34O3. The third-order valence-electron chi connectivity index (χ3n) is 3.68. The fraction of sp³-hybridized carbons (Fsp3) is 1.00. The van der Waals surface area contributed by atoms with Gasteiger partial charge in [-0.05, 0) is 26.2 Å². The van der Waals surface area contributed by atoms with Crippen molar-refractivity contribution in [3.8, 4) is 0 Å². The van der Waals surface area contributed by atoms with Crippen LogP contribution in [0.3, 0.4) is 0 Å². The molecule has 0 saturated heterocycles. The largest absolute Gasteiger partial charge is 0.393 e. The van der Waals surface area contributed by atoms with Crippen molar-refractivity contribution in [3.05, 3.63) is 0 Å². The van der Waals surface area contributed by atoms with Gasteiger partial charge in [0.05, 0.1) is 18.3 Å². The molecule has 0 radical (unpaired) electrons. The van der Waals surface area contributed by atoms with Crippen LogP contribution in [0.4, 0.5) is 0 Å². The van der Waals surface area contributed by atoms with Crippen molar-refractivity contribution >= 4 is 0 Å². The Kier molecular flexibility index (Phi) is 12.8. The van der Waals surface area contributed by atoms with Crippen molar-refractivity contribution in [2.75, 3.05) is 0 Å². The molecule has 0 fully saturated rings. The summed E-state index contributed by atoms with van der Waals surface area (Å²) in [5.41, 5.74) is 0. The molecule has 0 aromatic rings. The summed E-state index contributed by atoms with van der Waals surface area (Å²) < 4.78 is 0. The van der Waals surface area contributed by atoms with Crippen LogP contribution in [0.2, 0.25) is 0 Å². The summed E-state index contributed by atoms with van der Waals surface area (Å²) in [6.45, 7) is 3.93. The minimum absolute atomic E-state index is 0.398. The molecule has 3 nitrogen and oxygen atoms in total. The summed E-state index contributed by atoms with van der Waals surface area (Å²) in [5.74, 6) is 0. The first-order chi connectivity index (χ1) is 9.07. The molecule has 3 unspecified atom stereocenters. The molecule has 0 aromatic heterocycles. The molecule has 0 bridgehead atoms. The number of unbranched alkanes of at least 4 members (excludes halogenated alkanes) is 7. The first-order valence-corrected chi connectivity index (χ1v) is 8.12. The molecule has 0 heterocycles. The van der Waals surface area contributed by atoms with Gasteiger partial charge in [-0.1, -0.05) is 58.3 Å². The fourth-order valence-electron chi connectivity index (χ4n) is 2.28.